The molecular formula is C12H19N3O2. The van der Waals surface area contributed by atoms with E-state index >= 15 is 0 Å². The van der Waals surface area contributed by atoms with Crippen molar-refractivity contribution in [1.29, 1.82) is 0 Å². The number of nitrogens with zero attached hydrogens (tertiary/aromatic N) is 2. The molecule has 17 heavy (non-hydrogen) atoms. The third-order valence-corrected chi connectivity index (χ3v) is 3.33. The molecule has 94 valence electrons. The van der Waals surface area contributed by atoms with Crippen molar-refractivity contribution in [2.24, 2.45) is 7.05 Å². The number of piperidine rings is 1. The fourth-order valence-electron chi connectivity index (χ4n) is 2.48. The van der Waals surface area contributed by atoms with Crippen LogP contribution < -0.4 is 5.32 Å². The van der Waals surface area contributed by atoms with Gasteiger partial charge in [0.05, 0.1) is 5.69 Å². The molecule has 0 radical (unpaired) electrons. The maximum Gasteiger partial charge on any atom is 0.320 e. The largest absolute Gasteiger partial charge is 0.480 e. The lowest BCUT2D eigenvalue weighted by Gasteiger charge is -2.28. The number of carboxylic acids is 1. The van der Waals surface area contributed by atoms with Crippen LogP contribution in [0.3, 0.4) is 0 Å². The van der Waals surface area contributed by atoms with Gasteiger partial charge in [0.2, 0.25) is 0 Å². The second kappa shape index (κ2) is 4.87. The average Bonchev–Trinajstić information content (AvgIpc) is 2.58. The Kier molecular flexibility index (Phi) is 3.47. The first-order valence-electron chi connectivity index (χ1n) is 6.04. The summed E-state index contributed by atoms with van der Waals surface area (Å²) >= 11 is 0. The van der Waals surface area contributed by atoms with Crippen molar-refractivity contribution in [1.82, 2.24) is 15.1 Å². The average molecular weight is 237 g/mol. The molecule has 2 heterocycles. The van der Waals surface area contributed by atoms with Crippen molar-refractivity contribution >= 4 is 5.97 Å². The molecule has 0 aromatic carbocycles. The summed E-state index contributed by atoms with van der Waals surface area (Å²) in [6.45, 7) is 1.97. The van der Waals surface area contributed by atoms with E-state index < -0.39 is 5.97 Å². The molecule has 2 N–H and O–H groups in total. The lowest BCUT2D eigenvalue weighted by Crippen LogP contribution is -2.47. The topological polar surface area (TPSA) is 67.2 Å². The number of hydrogen-bond donors (Lipinski definition) is 2. The molecule has 2 rings (SSSR count). The number of nitrogens with one attached hydrogen (secondary N) is 1. The Balaban J connectivity index is 1.99. The zero-order valence-corrected chi connectivity index (χ0v) is 10.3. The number of carbonyl (C=O) groups is 1. The van der Waals surface area contributed by atoms with Crippen molar-refractivity contribution in [2.45, 2.75) is 44.7 Å². The number of aromatic nitrogens is 2. The van der Waals surface area contributed by atoms with Gasteiger partial charge >= 0.3 is 5.97 Å². The van der Waals surface area contributed by atoms with Gasteiger partial charge < -0.3 is 10.4 Å². The van der Waals surface area contributed by atoms with Crippen LogP contribution in [0, 0.1) is 6.92 Å². The minimum Gasteiger partial charge on any atom is -0.480 e. The highest BCUT2D eigenvalue weighted by atomic mass is 16.4. The van der Waals surface area contributed by atoms with Crippen molar-refractivity contribution in [3.05, 3.63) is 17.5 Å². The van der Waals surface area contributed by atoms with Crippen LogP contribution in [-0.4, -0.2) is 32.9 Å². The molecule has 0 aliphatic carbocycles. The van der Waals surface area contributed by atoms with Gasteiger partial charge in [0.15, 0.2) is 0 Å². The molecule has 1 fully saturated rings. The number of aryl methyl sites for hydroxylation is 2. The van der Waals surface area contributed by atoms with Crippen LogP contribution in [0.15, 0.2) is 6.07 Å². The maximum absolute atomic E-state index is 10.9. The number of rotatable bonds is 3. The van der Waals surface area contributed by atoms with E-state index in [9.17, 15) is 4.79 Å². The second-order valence-corrected chi connectivity index (χ2v) is 4.79. The summed E-state index contributed by atoms with van der Waals surface area (Å²) < 4.78 is 1.88. The summed E-state index contributed by atoms with van der Waals surface area (Å²) in [7, 11) is 1.93. The highest BCUT2D eigenvalue weighted by Gasteiger charge is 2.26. The second-order valence-electron chi connectivity index (χ2n) is 4.79. The van der Waals surface area contributed by atoms with E-state index in [1.165, 1.54) is 0 Å². The number of hydrogen-bond acceptors (Lipinski definition) is 3. The predicted molar refractivity (Wildman–Crippen MR) is 63.8 cm³/mol. The minimum absolute atomic E-state index is 0.250. The molecule has 2 atom stereocenters. The monoisotopic (exact) mass is 237 g/mol. The van der Waals surface area contributed by atoms with Gasteiger partial charge in [0, 0.05) is 25.2 Å². The fourth-order valence-corrected chi connectivity index (χ4v) is 2.48. The first-order valence-corrected chi connectivity index (χ1v) is 6.04. The summed E-state index contributed by atoms with van der Waals surface area (Å²) in [4.78, 5) is 10.9. The van der Waals surface area contributed by atoms with E-state index in [1.54, 1.807) is 0 Å². The van der Waals surface area contributed by atoms with Crippen LogP contribution in [-0.2, 0) is 18.3 Å². The Morgan fingerprint density at radius 2 is 2.41 bits per heavy atom. The molecule has 1 saturated heterocycles. The summed E-state index contributed by atoms with van der Waals surface area (Å²) in [6, 6.07) is 1.93. The van der Waals surface area contributed by atoms with Gasteiger partial charge in [-0.1, -0.05) is 0 Å². The highest BCUT2D eigenvalue weighted by molar-refractivity contribution is 5.73. The molecule has 5 nitrogen and oxygen atoms in total. The van der Waals surface area contributed by atoms with E-state index in [2.05, 4.69) is 16.5 Å². The van der Waals surface area contributed by atoms with Crippen molar-refractivity contribution in [2.75, 3.05) is 0 Å². The lowest BCUT2D eigenvalue weighted by atomic mass is 9.95. The molecule has 1 aromatic rings. The number of carboxylic acid groups (broad SMARTS) is 1. The van der Waals surface area contributed by atoms with Crippen LogP contribution >= 0.6 is 0 Å². The normalized spacial score (nSPS) is 24.8. The first-order chi connectivity index (χ1) is 8.06. The van der Waals surface area contributed by atoms with Crippen LogP contribution in [0.5, 0.6) is 0 Å². The zero-order valence-electron chi connectivity index (χ0n) is 10.3. The van der Waals surface area contributed by atoms with E-state index in [4.69, 9.17) is 5.11 Å². The molecule has 0 spiro atoms. The Bertz CT molecular complexity index is 414. The van der Waals surface area contributed by atoms with E-state index in [1.807, 2.05) is 18.7 Å². The quantitative estimate of drug-likeness (QED) is 0.818. The van der Waals surface area contributed by atoms with Gasteiger partial charge in [0.1, 0.15) is 6.04 Å². The smallest absolute Gasteiger partial charge is 0.320 e. The lowest BCUT2D eigenvalue weighted by molar-refractivity contribution is -0.140. The zero-order chi connectivity index (χ0) is 12.4. The Morgan fingerprint density at radius 3 is 3.00 bits per heavy atom. The van der Waals surface area contributed by atoms with E-state index in [0.29, 0.717) is 0 Å². The summed E-state index contributed by atoms with van der Waals surface area (Å²) in [5.74, 6) is -0.740. The standard InChI is InChI=1S/C12H19N3O2/c1-8-6-10(15(2)14-8)7-9-4-3-5-11(13-9)12(16)17/h6,9,11,13H,3-5,7H2,1-2H3,(H,16,17). The Hall–Kier alpha value is -1.36. The minimum atomic E-state index is -0.740. The molecule has 1 aromatic heterocycles. The van der Waals surface area contributed by atoms with Gasteiger partial charge in [0.25, 0.3) is 0 Å². The van der Waals surface area contributed by atoms with Crippen molar-refractivity contribution < 1.29 is 9.90 Å². The van der Waals surface area contributed by atoms with Crippen molar-refractivity contribution in [3.8, 4) is 0 Å². The SMILES string of the molecule is Cc1cc(CC2CCCC(C(=O)O)N2)n(C)n1. The van der Waals surface area contributed by atoms with Gasteiger partial charge in [-0.25, -0.2) is 0 Å². The fraction of sp³-hybridized carbons (Fsp3) is 0.667. The molecule has 0 bridgehead atoms. The summed E-state index contributed by atoms with van der Waals surface area (Å²) in [5.41, 5.74) is 2.17. The van der Waals surface area contributed by atoms with Gasteiger partial charge in [-0.05, 0) is 32.3 Å². The molecule has 5 heteroatoms. The highest BCUT2D eigenvalue weighted by Crippen LogP contribution is 2.17. The van der Waals surface area contributed by atoms with Gasteiger partial charge in [-0.15, -0.1) is 0 Å². The predicted octanol–water partition coefficient (Wildman–Crippen LogP) is 0.866. The van der Waals surface area contributed by atoms with Crippen LogP contribution in [0.1, 0.15) is 30.7 Å². The number of aliphatic carboxylic acids is 1. The third kappa shape index (κ3) is 2.85. The molecule has 1 aliphatic heterocycles. The van der Waals surface area contributed by atoms with Crippen LogP contribution in [0.2, 0.25) is 0 Å². The molecular weight excluding hydrogens is 218 g/mol. The third-order valence-electron chi connectivity index (χ3n) is 3.33. The van der Waals surface area contributed by atoms with Crippen LogP contribution in [0.25, 0.3) is 0 Å². The summed E-state index contributed by atoms with van der Waals surface area (Å²) in [6.07, 6.45) is 3.59. The van der Waals surface area contributed by atoms with E-state index in [0.717, 1.165) is 37.1 Å². The molecule has 2 unspecified atom stereocenters. The molecule has 0 saturated carbocycles. The Labute approximate surface area is 101 Å². The first kappa shape index (κ1) is 12.1. The Morgan fingerprint density at radius 1 is 1.65 bits per heavy atom. The summed E-state index contributed by atoms with van der Waals surface area (Å²) in [5, 5.41) is 16.5. The molecule has 1 aliphatic rings. The van der Waals surface area contributed by atoms with E-state index in [-0.39, 0.29) is 12.1 Å². The maximum atomic E-state index is 10.9. The molecule has 0 amide bonds. The van der Waals surface area contributed by atoms with Crippen molar-refractivity contribution in [3.63, 3.8) is 0 Å². The van der Waals surface area contributed by atoms with Crippen LogP contribution in [0.4, 0.5) is 0 Å². The van der Waals surface area contributed by atoms with Gasteiger partial charge in [-0.2, -0.15) is 5.10 Å². The van der Waals surface area contributed by atoms with Gasteiger partial charge in [-0.3, -0.25) is 9.48 Å².